The summed E-state index contributed by atoms with van der Waals surface area (Å²) in [6.07, 6.45) is 1.35. The minimum absolute atomic E-state index is 0.00904. The van der Waals surface area contributed by atoms with E-state index in [2.05, 4.69) is 10.2 Å². The van der Waals surface area contributed by atoms with Crippen molar-refractivity contribution < 1.29 is 18.0 Å². The van der Waals surface area contributed by atoms with Gasteiger partial charge >= 0.3 is 0 Å². The van der Waals surface area contributed by atoms with E-state index in [9.17, 15) is 18.4 Å². The number of aromatic nitrogens is 2. The van der Waals surface area contributed by atoms with E-state index in [4.69, 9.17) is 0 Å². The summed E-state index contributed by atoms with van der Waals surface area (Å²) in [5.41, 5.74) is 1.80. The van der Waals surface area contributed by atoms with Crippen LogP contribution in [-0.4, -0.2) is 64.0 Å². The Balaban J connectivity index is 1.45. The molecule has 2 aliphatic heterocycles. The quantitative estimate of drug-likeness (QED) is 0.804. The highest BCUT2D eigenvalue weighted by Gasteiger charge is 2.47. The monoisotopic (exact) mass is 434 g/mol. The highest BCUT2D eigenvalue weighted by molar-refractivity contribution is 5.94. The summed E-state index contributed by atoms with van der Waals surface area (Å²) in [4.78, 5) is 28.0. The smallest absolute Gasteiger partial charge is 0.272 e. The van der Waals surface area contributed by atoms with Crippen molar-refractivity contribution in [3.8, 4) is 0 Å². The van der Waals surface area contributed by atoms with Crippen LogP contribution >= 0.6 is 0 Å². The Hall–Kier alpha value is -2.68. The number of piperidine rings is 1. The fraction of sp³-hybridized carbons (Fsp3) is 0.500. The third-order valence-electron chi connectivity index (χ3n) is 6.43. The highest BCUT2D eigenvalue weighted by Crippen LogP contribution is 2.32. The zero-order valence-corrected chi connectivity index (χ0v) is 17.6. The lowest BCUT2D eigenvalue weighted by Gasteiger charge is -2.46. The number of hydrogen-bond donors (Lipinski definition) is 1. The van der Waals surface area contributed by atoms with Gasteiger partial charge in [-0.05, 0) is 43.9 Å². The van der Waals surface area contributed by atoms with E-state index in [1.165, 1.54) is 6.07 Å². The van der Waals surface area contributed by atoms with Gasteiger partial charge in [-0.2, -0.15) is 5.10 Å². The molecule has 4 rings (SSSR count). The molecule has 3 heterocycles. The molecule has 2 aliphatic rings. The van der Waals surface area contributed by atoms with Gasteiger partial charge in [0.2, 0.25) is 0 Å². The average molecular weight is 434 g/mol. The van der Waals surface area contributed by atoms with Gasteiger partial charge in [-0.3, -0.25) is 14.5 Å². The maximum absolute atomic E-state index is 15.2. The van der Waals surface area contributed by atoms with E-state index in [0.29, 0.717) is 48.3 Å². The second-order valence-corrected chi connectivity index (χ2v) is 8.49. The fourth-order valence-electron chi connectivity index (χ4n) is 4.32. The van der Waals surface area contributed by atoms with Gasteiger partial charge in [0.25, 0.3) is 17.4 Å². The lowest BCUT2D eigenvalue weighted by molar-refractivity contribution is -0.150. The third-order valence-corrected chi connectivity index (χ3v) is 6.43. The van der Waals surface area contributed by atoms with E-state index < -0.39 is 17.6 Å². The summed E-state index contributed by atoms with van der Waals surface area (Å²) >= 11 is 0. The van der Waals surface area contributed by atoms with Gasteiger partial charge < -0.3 is 4.90 Å². The highest BCUT2D eigenvalue weighted by atomic mass is 19.3. The molecule has 0 atom stereocenters. The van der Waals surface area contributed by atoms with Crippen LogP contribution in [0.3, 0.4) is 0 Å². The van der Waals surface area contributed by atoms with Crippen molar-refractivity contribution in [1.29, 1.82) is 0 Å². The van der Waals surface area contributed by atoms with Crippen molar-refractivity contribution in [2.75, 3.05) is 26.2 Å². The van der Waals surface area contributed by atoms with Crippen LogP contribution in [-0.2, 0) is 6.42 Å². The largest absolute Gasteiger partial charge is 0.338 e. The van der Waals surface area contributed by atoms with E-state index in [0.717, 1.165) is 0 Å². The number of rotatable bonds is 4. The van der Waals surface area contributed by atoms with Gasteiger partial charge in [0.15, 0.2) is 0 Å². The minimum atomic E-state index is -2.60. The summed E-state index contributed by atoms with van der Waals surface area (Å²) in [6, 6.07) is 4.73. The van der Waals surface area contributed by atoms with Crippen LogP contribution in [0.1, 0.15) is 45.6 Å². The predicted octanol–water partition coefficient (Wildman–Crippen LogP) is 2.67. The normalized spacial score (nSPS) is 19.3. The summed E-state index contributed by atoms with van der Waals surface area (Å²) in [6.45, 7) is 3.82. The Labute approximate surface area is 178 Å². The van der Waals surface area contributed by atoms with Crippen molar-refractivity contribution in [1.82, 2.24) is 20.0 Å². The molecular weight excluding hydrogens is 409 g/mol. The van der Waals surface area contributed by atoms with Crippen LogP contribution in [0.15, 0.2) is 23.0 Å². The van der Waals surface area contributed by atoms with E-state index in [1.807, 2.05) is 0 Å². The zero-order chi connectivity index (χ0) is 22.3. The van der Waals surface area contributed by atoms with Gasteiger partial charge in [0, 0.05) is 31.1 Å². The molecule has 166 valence electrons. The number of nitrogens with one attached hydrogen (secondary N) is 1. The van der Waals surface area contributed by atoms with Gasteiger partial charge in [0.05, 0.1) is 24.3 Å². The number of nitrogens with zero attached hydrogens (tertiary/aromatic N) is 3. The number of halogens is 3. The number of carbonyl (C=O) groups is 1. The molecule has 1 aromatic carbocycles. The van der Waals surface area contributed by atoms with Crippen LogP contribution < -0.4 is 5.56 Å². The van der Waals surface area contributed by atoms with Gasteiger partial charge in [-0.25, -0.2) is 18.3 Å². The molecule has 31 heavy (non-hydrogen) atoms. The lowest BCUT2D eigenvalue weighted by atomic mass is 9.97. The minimum Gasteiger partial charge on any atom is -0.338 e. The first-order chi connectivity index (χ1) is 14.7. The molecule has 2 fully saturated rings. The number of hydrogen-bond acceptors (Lipinski definition) is 4. The van der Waals surface area contributed by atoms with Crippen LogP contribution in [0.4, 0.5) is 13.2 Å². The molecule has 0 spiro atoms. The maximum atomic E-state index is 15.2. The molecule has 9 heteroatoms. The first-order valence-corrected chi connectivity index (χ1v) is 10.4. The number of aromatic amines is 1. The Morgan fingerprint density at radius 2 is 1.87 bits per heavy atom. The number of H-pyrrole nitrogens is 1. The summed E-state index contributed by atoms with van der Waals surface area (Å²) in [7, 11) is 0. The Bertz CT molecular complexity index is 1050. The Morgan fingerprint density at radius 3 is 2.52 bits per heavy atom. The summed E-state index contributed by atoms with van der Waals surface area (Å²) in [5.74, 6) is -3.59. The second kappa shape index (κ2) is 8.11. The topological polar surface area (TPSA) is 69.3 Å². The number of amides is 1. The van der Waals surface area contributed by atoms with Gasteiger partial charge in [-0.1, -0.05) is 12.1 Å². The van der Waals surface area contributed by atoms with Crippen LogP contribution in [0.2, 0.25) is 0 Å². The first-order valence-electron chi connectivity index (χ1n) is 10.4. The van der Waals surface area contributed by atoms with Gasteiger partial charge in [0.1, 0.15) is 5.82 Å². The van der Waals surface area contributed by atoms with E-state index in [1.54, 1.807) is 35.8 Å². The Morgan fingerprint density at radius 1 is 1.19 bits per heavy atom. The van der Waals surface area contributed by atoms with E-state index >= 15 is 4.39 Å². The van der Waals surface area contributed by atoms with Gasteiger partial charge in [-0.15, -0.1) is 0 Å². The molecule has 0 bridgehead atoms. The van der Waals surface area contributed by atoms with Crippen molar-refractivity contribution >= 4 is 5.91 Å². The molecule has 1 amide bonds. The van der Waals surface area contributed by atoms with Crippen LogP contribution in [0, 0.1) is 19.7 Å². The molecule has 1 N–H and O–H groups in total. The molecule has 0 saturated carbocycles. The standard InChI is InChI=1S/C22H25F3N4O2/c1-13-14(2)20(30)27-26-18(13)10-15-4-3-5-17(19(15)23)21(31)28-8-6-16(7-9-28)29-11-22(24,25)12-29/h3-5,16H,6-12H2,1-2H3,(H,27,30). The number of likely N-dealkylation sites (tertiary alicyclic amines) is 2. The number of benzene rings is 1. The zero-order valence-electron chi connectivity index (χ0n) is 17.6. The summed E-state index contributed by atoms with van der Waals surface area (Å²) in [5, 5.41) is 6.44. The number of alkyl halides is 2. The fourth-order valence-corrected chi connectivity index (χ4v) is 4.32. The molecule has 0 aliphatic carbocycles. The van der Waals surface area contributed by atoms with E-state index in [-0.39, 0.29) is 36.7 Å². The molecular formula is C22H25F3N4O2. The van der Waals surface area contributed by atoms with Crippen molar-refractivity contribution in [2.45, 2.75) is 45.1 Å². The molecule has 6 nitrogen and oxygen atoms in total. The summed E-state index contributed by atoms with van der Waals surface area (Å²) < 4.78 is 41.4. The average Bonchev–Trinajstić information content (AvgIpc) is 2.73. The maximum Gasteiger partial charge on any atom is 0.272 e. The number of carbonyl (C=O) groups excluding carboxylic acids is 1. The molecule has 1 aromatic heterocycles. The lowest BCUT2D eigenvalue weighted by Crippen LogP contribution is -2.61. The molecule has 2 aromatic rings. The first kappa shape index (κ1) is 21.5. The molecule has 0 unspecified atom stereocenters. The molecule has 0 radical (unpaired) electrons. The SMILES string of the molecule is Cc1c(Cc2cccc(C(=O)N3CCC(N4CC(F)(F)C4)CC3)c2F)n[nH]c(=O)c1C. The second-order valence-electron chi connectivity index (χ2n) is 8.49. The van der Waals surface area contributed by atoms with Crippen molar-refractivity contribution in [3.05, 3.63) is 62.3 Å². The van der Waals surface area contributed by atoms with Crippen LogP contribution in [0.5, 0.6) is 0 Å². The third kappa shape index (κ3) is 4.23. The molecule has 2 saturated heterocycles. The van der Waals surface area contributed by atoms with Crippen LogP contribution in [0.25, 0.3) is 0 Å². The Kier molecular flexibility index (Phi) is 5.63. The van der Waals surface area contributed by atoms with Crippen molar-refractivity contribution in [2.24, 2.45) is 0 Å². The van der Waals surface area contributed by atoms with Crippen molar-refractivity contribution in [3.63, 3.8) is 0 Å². The predicted molar refractivity (Wildman–Crippen MR) is 109 cm³/mol.